The molecule has 1 atom stereocenters. The zero-order valence-electron chi connectivity index (χ0n) is 12.8. The molecule has 0 radical (unpaired) electrons. The molecule has 124 valence electrons. The Morgan fingerprint density at radius 3 is 2.67 bits per heavy atom. The van der Waals surface area contributed by atoms with Crippen LogP contribution >= 0.6 is 27.5 Å². The predicted molar refractivity (Wildman–Crippen MR) is 98.6 cm³/mol. The summed E-state index contributed by atoms with van der Waals surface area (Å²) < 4.78 is 0.978. The van der Waals surface area contributed by atoms with Gasteiger partial charge in [-0.1, -0.05) is 39.7 Å². The van der Waals surface area contributed by atoms with E-state index in [2.05, 4.69) is 26.3 Å². The fourth-order valence-electron chi connectivity index (χ4n) is 2.64. The van der Waals surface area contributed by atoms with Crippen molar-refractivity contribution in [3.8, 4) is 5.75 Å². The van der Waals surface area contributed by atoms with Crippen molar-refractivity contribution in [1.29, 1.82) is 0 Å². The highest BCUT2D eigenvalue weighted by atomic mass is 79.9. The van der Waals surface area contributed by atoms with E-state index in [9.17, 15) is 9.90 Å². The van der Waals surface area contributed by atoms with E-state index in [1.165, 1.54) is 6.07 Å². The number of rotatable bonds is 3. The fraction of sp³-hybridized carbons (Fsp3) is 0.176. The summed E-state index contributed by atoms with van der Waals surface area (Å²) in [5.74, 6) is -0.131. The summed E-state index contributed by atoms with van der Waals surface area (Å²) in [4.78, 5) is 12.0. The third-order valence-corrected chi connectivity index (χ3v) is 4.66. The van der Waals surface area contributed by atoms with E-state index in [1.54, 1.807) is 24.2 Å². The molecule has 1 unspecified atom stereocenters. The Morgan fingerprint density at radius 1 is 1.33 bits per heavy atom. The first-order valence-corrected chi connectivity index (χ1v) is 8.49. The second-order valence-corrected chi connectivity index (χ2v) is 6.70. The van der Waals surface area contributed by atoms with Crippen LogP contribution in [0.1, 0.15) is 18.0 Å². The number of phenolic OH excluding ortho intramolecular Hbond substituents is 1. The van der Waals surface area contributed by atoms with Gasteiger partial charge in [0.15, 0.2) is 0 Å². The molecule has 0 fully saturated rings. The van der Waals surface area contributed by atoms with Crippen LogP contribution in [0.15, 0.2) is 52.0 Å². The number of hydrogen-bond acceptors (Lipinski definition) is 4. The molecule has 0 bridgehead atoms. The predicted octanol–water partition coefficient (Wildman–Crippen LogP) is 3.86. The molecule has 0 spiro atoms. The zero-order chi connectivity index (χ0) is 17.3. The summed E-state index contributed by atoms with van der Waals surface area (Å²) in [6.07, 6.45) is 0.471. The Bertz CT molecular complexity index is 808. The van der Waals surface area contributed by atoms with Crippen LogP contribution in [-0.2, 0) is 4.79 Å². The minimum atomic E-state index is -0.213. The molecule has 5 nitrogen and oxygen atoms in total. The van der Waals surface area contributed by atoms with Gasteiger partial charge in [0.1, 0.15) is 11.5 Å². The summed E-state index contributed by atoms with van der Waals surface area (Å²) >= 11 is 9.69. The first-order valence-electron chi connectivity index (χ1n) is 7.32. The van der Waals surface area contributed by atoms with Crippen molar-refractivity contribution in [3.63, 3.8) is 0 Å². The van der Waals surface area contributed by atoms with Gasteiger partial charge in [-0.3, -0.25) is 9.80 Å². The van der Waals surface area contributed by atoms with Crippen molar-refractivity contribution in [3.05, 3.63) is 57.5 Å². The number of nitrogens with one attached hydrogen (secondary N) is 1. The Balaban J connectivity index is 2.04. The number of phenols is 1. The number of aromatic hydroxyl groups is 1. The van der Waals surface area contributed by atoms with Crippen LogP contribution in [0.5, 0.6) is 5.75 Å². The molecule has 0 aliphatic carbocycles. The number of hydrazone groups is 1. The standard InChI is InChI=1S/C17H15BrClN3O2/c1-20-17(24)14-9-16(10-2-4-11(18)5-3-10)22(21-14)15-7-6-12(23)8-13(15)19/h2-8,16,23H,9H2,1H3,(H,20,24). The molecule has 2 N–H and O–H groups in total. The Hall–Kier alpha value is -2.05. The lowest BCUT2D eigenvalue weighted by molar-refractivity contribution is -0.114. The second kappa shape index (κ2) is 6.83. The quantitative estimate of drug-likeness (QED) is 0.810. The fourth-order valence-corrected chi connectivity index (χ4v) is 3.17. The molecule has 1 heterocycles. The number of benzene rings is 2. The number of carbonyl (C=O) groups is 1. The molecule has 0 aromatic heterocycles. The summed E-state index contributed by atoms with van der Waals surface area (Å²) in [5.41, 5.74) is 2.10. The molecule has 0 saturated carbocycles. The van der Waals surface area contributed by atoms with E-state index in [0.29, 0.717) is 22.8 Å². The molecule has 3 rings (SSSR count). The van der Waals surface area contributed by atoms with E-state index in [1.807, 2.05) is 24.3 Å². The first-order chi connectivity index (χ1) is 11.5. The molecule has 2 aromatic rings. The number of hydrogen-bond donors (Lipinski definition) is 2. The van der Waals surface area contributed by atoms with E-state index in [0.717, 1.165) is 10.0 Å². The van der Waals surface area contributed by atoms with E-state index in [-0.39, 0.29) is 17.7 Å². The maximum atomic E-state index is 12.0. The van der Waals surface area contributed by atoms with Crippen molar-refractivity contribution in [2.24, 2.45) is 5.10 Å². The van der Waals surface area contributed by atoms with Crippen LogP contribution in [0, 0.1) is 0 Å². The van der Waals surface area contributed by atoms with Crippen molar-refractivity contribution in [2.45, 2.75) is 12.5 Å². The Morgan fingerprint density at radius 2 is 2.04 bits per heavy atom. The van der Waals surface area contributed by atoms with Gasteiger partial charge < -0.3 is 10.4 Å². The third kappa shape index (κ3) is 3.25. The maximum absolute atomic E-state index is 12.0. The Kier molecular flexibility index (Phi) is 4.78. The molecule has 1 amide bonds. The van der Waals surface area contributed by atoms with Crippen LogP contribution in [-0.4, -0.2) is 23.8 Å². The van der Waals surface area contributed by atoms with Gasteiger partial charge in [-0.15, -0.1) is 0 Å². The van der Waals surface area contributed by atoms with Crippen molar-refractivity contribution < 1.29 is 9.90 Å². The molecule has 0 saturated heterocycles. The number of nitrogens with zero attached hydrogens (tertiary/aromatic N) is 2. The largest absolute Gasteiger partial charge is 0.508 e. The van der Waals surface area contributed by atoms with Crippen LogP contribution in [0.3, 0.4) is 0 Å². The molecular formula is C17H15BrClN3O2. The van der Waals surface area contributed by atoms with Gasteiger partial charge in [0.05, 0.1) is 16.8 Å². The molecule has 1 aliphatic heterocycles. The van der Waals surface area contributed by atoms with Crippen LogP contribution < -0.4 is 10.3 Å². The average Bonchev–Trinajstić information content (AvgIpc) is 3.00. The van der Waals surface area contributed by atoms with Crippen molar-refractivity contribution in [2.75, 3.05) is 12.1 Å². The monoisotopic (exact) mass is 407 g/mol. The van der Waals surface area contributed by atoms with Gasteiger partial charge in [0, 0.05) is 24.0 Å². The second-order valence-electron chi connectivity index (χ2n) is 5.38. The minimum absolute atomic E-state index is 0.0821. The molecule has 7 heteroatoms. The summed E-state index contributed by atoms with van der Waals surface area (Å²) in [6, 6.07) is 12.4. The van der Waals surface area contributed by atoms with Gasteiger partial charge in [-0.25, -0.2) is 0 Å². The van der Waals surface area contributed by atoms with Crippen molar-refractivity contribution in [1.82, 2.24) is 5.32 Å². The Labute approximate surface area is 153 Å². The van der Waals surface area contributed by atoms with E-state index in [4.69, 9.17) is 11.6 Å². The maximum Gasteiger partial charge on any atom is 0.267 e. The normalized spacial score (nSPS) is 16.9. The van der Waals surface area contributed by atoms with Crippen LogP contribution in [0.4, 0.5) is 5.69 Å². The highest BCUT2D eigenvalue weighted by Gasteiger charge is 2.33. The highest BCUT2D eigenvalue weighted by Crippen LogP contribution is 2.40. The van der Waals surface area contributed by atoms with Gasteiger partial charge in [-0.05, 0) is 29.8 Å². The summed E-state index contributed by atoms with van der Waals surface area (Å²) in [6.45, 7) is 0. The molecule has 24 heavy (non-hydrogen) atoms. The van der Waals surface area contributed by atoms with Gasteiger partial charge in [-0.2, -0.15) is 5.10 Å². The van der Waals surface area contributed by atoms with Crippen molar-refractivity contribution >= 4 is 44.8 Å². The highest BCUT2D eigenvalue weighted by molar-refractivity contribution is 9.10. The van der Waals surface area contributed by atoms with Gasteiger partial charge >= 0.3 is 0 Å². The van der Waals surface area contributed by atoms with Gasteiger partial charge in [0.2, 0.25) is 0 Å². The van der Waals surface area contributed by atoms with Gasteiger partial charge in [0.25, 0.3) is 5.91 Å². The summed E-state index contributed by atoms with van der Waals surface area (Å²) in [7, 11) is 1.58. The van der Waals surface area contributed by atoms with E-state index >= 15 is 0 Å². The lowest BCUT2D eigenvalue weighted by Gasteiger charge is -2.25. The average molecular weight is 409 g/mol. The third-order valence-electron chi connectivity index (χ3n) is 3.83. The zero-order valence-corrected chi connectivity index (χ0v) is 15.2. The van der Waals surface area contributed by atoms with E-state index < -0.39 is 0 Å². The first kappa shape index (κ1) is 16.8. The smallest absolute Gasteiger partial charge is 0.267 e. The lowest BCUT2D eigenvalue weighted by atomic mass is 10.0. The minimum Gasteiger partial charge on any atom is -0.508 e. The number of amides is 1. The molecule has 2 aromatic carbocycles. The topological polar surface area (TPSA) is 64.9 Å². The molecular weight excluding hydrogens is 394 g/mol. The SMILES string of the molecule is CNC(=O)C1=NN(c2ccc(O)cc2Cl)C(c2ccc(Br)cc2)C1. The lowest BCUT2D eigenvalue weighted by Crippen LogP contribution is -2.26. The number of halogens is 2. The number of anilines is 1. The molecule has 1 aliphatic rings. The number of carbonyl (C=O) groups excluding carboxylic acids is 1. The van der Waals surface area contributed by atoms with Crippen LogP contribution in [0.25, 0.3) is 0 Å². The van der Waals surface area contributed by atoms with Crippen LogP contribution in [0.2, 0.25) is 5.02 Å². The summed E-state index contributed by atoms with van der Waals surface area (Å²) in [5, 5.41) is 18.7.